The van der Waals surface area contributed by atoms with Gasteiger partial charge in [0.15, 0.2) is 0 Å². The van der Waals surface area contributed by atoms with Gasteiger partial charge in [0.2, 0.25) is 0 Å². The van der Waals surface area contributed by atoms with Crippen LogP contribution in [0.2, 0.25) is 0 Å². The Labute approximate surface area is 115 Å². The van der Waals surface area contributed by atoms with E-state index in [2.05, 4.69) is 27.7 Å². The van der Waals surface area contributed by atoms with Gasteiger partial charge in [-0.3, -0.25) is 0 Å². The van der Waals surface area contributed by atoms with Gasteiger partial charge in [-0.15, -0.1) is 0 Å². The third-order valence-corrected chi connectivity index (χ3v) is 3.72. The first-order chi connectivity index (χ1) is 8.75. The van der Waals surface area contributed by atoms with E-state index in [4.69, 9.17) is 9.47 Å². The molecule has 2 rings (SSSR count). The zero-order valence-electron chi connectivity index (χ0n) is 12.5. The van der Waals surface area contributed by atoms with Crippen LogP contribution < -0.4 is 4.74 Å². The molecule has 1 aliphatic heterocycles. The molecule has 0 bridgehead atoms. The lowest BCUT2D eigenvalue weighted by Crippen LogP contribution is -2.37. The Bertz CT molecular complexity index is 463. The summed E-state index contributed by atoms with van der Waals surface area (Å²) in [5.74, 6) is 0.796. The van der Waals surface area contributed by atoms with E-state index < -0.39 is 0 Å². The number of rotatable bonds is 3. The Morgan fingerprint density at radius 2 is 2.00 bits per heavy atom. The van der Waals surface area contributed by atoms with E-state index in [0.29, 0.717) is 0 Å². The van der Waals surface area contributed by atoms with E-state index in [1.165, 1.54) is 0 Å². The minimum Gasteiger partial charge on any atom is -0.487 e. The molecule has 0 spiro atoms. The van der Waals surface area contributed by atoms with E-state index in [1.54, 1.807) is 0 Å². The fourth-order valence-electron chi connectivity index (χ4n) is 2.84. The van der Waals surface area contributed by atoms with Crippen LogP contribution in [-0.2, 0) is 11.3 Å². The lowest BCUT2D eigenvalue weighted by Gasteiger charge is -2.28. The number of aliphatic hydroxyl groups excluding tert-OH is 1. The van der Waals surface area contributed by atoms with Gasteiger partial charge in [-0.25, -0.2) is 0 Å². The molecule has 1 atom stereocenters. The SMILES string of the molecule is Cc1cccc(CO)c1OC1CC(C)(C)OC1(C)C. The highest BCUT2D eigenvalue weighted by atomic mass is 16.6. The molecule has 106 valence electrons. The molecule has 19 heavy (non-hydrogen) atoms. The molecule has 0 amide bonds. The van der Waals surface area contributed by atoms with Crippen molar-refractivity contribution in [2.45, 2.75) is 65.0 Å². The number of aliphatic hydroxyl groups is 1. The van der Waals surface area contributed by atoms with Gasteiger partial charge >= 0.3 is 0 Å². The lowest BCUT2D eigenvalue weighted by atomic mass is 9.97. The van der Waals surface area contributed by atoms with Crippen LogP contribution in [0.4, 0.5) is 0 Å². The van der Waals surface area contributed by atoms with Gasteiger partial charge < -0.3 is 14.6 Å². The van der Waals surface area contributed by atoms with Crippen molar-refractivity contribution in [1.82, 2.24) is 0 Å². The van der Waals surface area contributed by atoms with Crippen molar-refractivity contribution < 1.29 is 14.6 Å². The number of hydrogen-bond acceptors (Lipinski definition) is 3. The van der Waals surface area contributed by atoms with Gasteiger partial charge in [-0.1, -0.05) is 18.2 Å². The second kappa shape index (κ2) is 4.80. The maximum atomic E-state index is 9.44. The smallest absolute Gasteiger partial charge is 0.130 e. The quantitative estimate of drug-likeness (QED) is 0.911. The Balaban J connectivity index is 2.27. The summed E-state index contributed by atoms with van der Waals surface area (Å²) in [6, 6.07) is 5.84. The van der Waals surface area contributed by atoms with E-state index in [0.717, 1.165) is 23.3 Å². The van der Waals surface area contributed by atoms with Crippen LogP contribution in [0.3, 0.4) is 0 Å². The zero-order chi connectivity index (χ0) is 14.3. The van der Waals surface area contributed by atoms with Crippen molar-refractivity contribution in [2.24, 2.45) is 0 Å². The first kappa shape index (κ1) is 14.4. The first-order valence-corrected chi connectivity index (χ1v) is 6.81. The van der Waals surface area contributed by atoms with Crippen LogP contribution in [0.1, 0.15) is 45.2 Å². The molecule has 1 aliphatic rings. The fraction of sp³-hybridized carbons (Fsp3) is 0.625. The predicted octanol–water partition coefficient (Wildman–Crippen LogP) is 3.21. The van der Waals surface area contributed by atoms with Crippen molar-refractivity contribution in [2.75, 3.05) is 0 Å². The van der Waals surface area contributed by atoms with Gasteiger partial charge in [-0.2, -0.15) is 0 Å². The molecule has 0 aromatic heterocycles. The van der Waals surface area contributed by atoms with Crippen molar-refractivity contribution in [3.05, 3.63) is 29.3 Å². The minimum absolute atomic E-state index is 0.00554. The van der Waals surface area contributed by atoms with Gasteiger partial charge in [0.25, 0.3) is 0 Å². The summed E-state index contributed by atoms with van der Waals surface area (Å²) in [5, 5.41) is 9.44. The predicted molar refractivity (Wildman–Crippen MR) is 75.4 cm³/mol. The highest BCUT2D eigenvalue weighted by Crippen LogP contribution is 2.40. The molecule has 0 aliphatic carbocycles. The minimum atomic E-state index is -0.321. The van der Waals surface area contributed by atoms with Crippen LogP contribution in [0.25, 0.3) is 0 Å². The molecule has 1 unspecified atom stereocenters. The number of benzene rings is 1. The van der Waals surface area contributed by atoms with E-state index >= 15 is 0 Å². The Hall–Kier alpha value is -1.06. The zero-order valence-corrected chi connectivity index (χ0v) is 12.5. The standard InChI is InChI=1S/C16H24O3/c1-11-7-6-8-12(10-17)14(11)18-13-9-15(2,3)19-16(13,4)5/h6-8,13,17H,9-10H2,1-5H3. The summed E-state index contributed by atoms with van der Waals surface area (Å²) in [4.78, 5) is 0. The normalized spacial score (nSPS) is 24.4. The van der Waals surface area contributed by atoms with E-state index in [9.17, 15) is 5.11 Å². The number of hydrogen-bond donors (Lipinski definition) is 1. The van der Waals surface area contributed by atoms with Crippen LogP contribution in [0, 0.1) is 6.92 Å². The highest BCUT2D eigenvalue weighted by Gasteiger charge is 2.47. The van der Waals surface area contributed by atoms with Gasteiger partial charge in [0, 0.05) is 12.0 Å². The Morgan fingerprint density at radius 3 is 2.53 bits per heavy atom. The number of aryl methyl sites for hydroxylation is 1. The van der Waals surface area contributed by atoms with Crippen molar-refractivity contribution in [3.63, 3.8) is 0 Å². The molecule has 1 N–H and O–H groups in total. The van der Waals surface area contributed by atoms with Gasteiger partial charge in [-0.05, 0) is 40.2 Å². The number of para-hydroxylation sites is 1. The second-order valence-electron chi connectivity index (χ2n) is 6.50. The largest absolute Gasteiger partial charge is 0.487 e. The molecular formula is C16H24O3. The number of ether oxygens (including phenoxy) is 2. The Morgan fingerprint density at radius 1 is 1.32 bits per heavy atom. The molecule has 3 heteroatoms. The average molecular weight is 264 g/mol. The molecule has 3 nitrogen and oxygen atoms in total. The summed E-state index contributed by atoms with van der Waals surface area (Å²) < 4.78 is 12.2. The summed E-state index contributed by atoms with van der Waals surface area (Å²) >= 11 is 0. The molecule has 0 saturated carbocycles. The van der Waals surface area contributed by atoms with Gasteiger partial charge in [0.05, 0.1) is 12.2 Å². The topological polar surface area (TPSA) is 38.7 Å². The maximum absolute atomic E-state index is 9.44. The van der Waals surface area contributed by atoms with E-state index in [-0.39, 0.29) is 23.9 Å². The lowest BCUT2D eigenvalue weighted by molar-refractivity contribution is -0.0848. The summed E-state index contributed by atoms with van der Waals surface area (Å²) in [6.07, 6.45) is 0.841. The third-order valence-electron chi connectivity index (χ3n) is 3.72. The first-order valence-electron chi connectivity index (χ1n) is 6.81. The maximum Gasteiger partial charge on any atom is 0.130 e. The summed E-state index contributed by atoms with van der Waals surface area (Å²) in [7, 11) is 0. The molecule has 1 saturated heterocycles. The van der Waals surface area contributed by atoms with Crippen LogP contribution in [-0.4, -0.2) is 22.4 Å². The van der Waals surface area contributed by atoms with Crippen molar-refractivity contribution in [3.8, 4) is 5.75 Å². The van der Waals surface area contributed by atoms with E-state index in [1.807, 2.05) is 25.1 Å². The van der Waals surface area contributed by atoms with Gasteiger partial charge in [0.1, 0.15) is 17.5 Å². The molecule has 1 aromatic carbocycles. The third kappa shape index (κ3) is 2.93. The second-order valence-corrected chi connectivity index (χ2v) is 6.50. The summed E-state index contributed by atoms with van der Waals surface area (Å²) in [5.41, 5.74) is 1.39. The molecule has 1 aromatic rings. The molecule has 0 radical (unpaired) electrons. The fourth-order valence-corrected chi connectivity index (χ4v) is 2.84. The van der Waals surface area contributed by atoms with Crippen LogP contribution in [0.5, 0.6) is 5.75 Å². The van der Waals surface area contributed by atoms with Crippen LogP contribution in [0.15, 0.2) is 18.2 Å². The molecule has 1 heterocycles. The Kier molecular flexibility index (Phi) is 3.63. The van der Waals surface area contributed by atoms with Crippen LogP contribution >= 0.6 is 0 Å². The monoisotopic (exact) mass is 264 g/mol. The van der Waals surface area contributed by atoms with Crippen molar-refractivity contribution >= 4 is 0 Å². The molecule has 1 fully saturated rings. The van der Waals surface area contributed by atoms with Crippen molar-refractivity contribution in [1.29, 1.82) is 0 Å². The summed E-state index contributed by atoms with van der Waals surface area (Å²) in [6.45, 7) is 10.3. The average Bonchev–Trinajstić information content (AvgIpc) is 2.49. The molecular weight excluding hydrogens is 240 g/mol. The highest BCUT2D eigenvalue weighted by molar-refractivity contribution is 5.40.